The first kappa shape index (κ1) is 25.8. The standard InChI is InChI=1S/C23H38O5S/c1-21(2,3)16-11-15(13-29-14-18(24)25)12-17(22(4,5)6)19(16)27-20(26-10)28-23(7,8)9/h11-12,20H,13-14H2,1-10H3,(H,24,25). The van der Waals surface area contributed by atoms with Crippen LogP contribution < -0.4 is 4.74 Å². The van der Waals surface area contributed by atoms with Crippen LogP contribution in [0.2, 0.25) is 0 Å². The minimum absolute atomic E-state index is 0.0825. The lowest BCUT2D eigenvalue weighted by Gasteiger charge is -2.33. The summed E-state index contributed by atoms with van der Waals surface area (Å²) < 4.78 is 17.7. The highest BCUT2D eigenvalue weighted by atomic mass is 32.2. The fourth-order valence-corrected chi connectivity index (χ4v) is 3.45. The van der Waals surface area contributed by atoms with Crippen molar-refractivity contribution in [2.45, 2.75) is 91.0 Å². The average molecular weight is 427 g/mol. The molecular weight excluding hydrogens is 388 g/mol. The van der Waals surface area contributed by atoms with E-state index in [4.69, 9.17) is 19.3 Å². The van der Waals surface area contributed by atoms with Crippen molar-refractivity contribution < 1.29 is 24.1 Å². The molecule has 0 bridgehead atoms. The Morgan fingerprint density at radius 1 is 1.00 bits per heavy atom. The first-order chi connectivity index (χ1) is 13.0. The first-order valence-corrected chi connectivity index (χ1v) is 11.0. The minimum atomic E-state index is -0.829. The monoisotopic (exact) mass is 426 g/mol. The molecule has 1 rings (SSSR count). The fourth-order valence-electron chi connectivity index (χ4n) is 2.77. The van der Waals surface area contributed by atoms with Crippen molar-refractivity contribution >= 4 is 17.7 Å². The zero-order valence-corrected chi connectivity index (χ0v) is 20.5. The Labute approximate surface area is 180 Å². The van der Waals surface area contributed by atoms with E-state index in [1.165, 1.54) is 11.8 Å². The smallest absolute Gasteiger partial charge is 0.316 e. The lowest BCUT2D eigenvalue weighted by atomic mass is 9.78. The average Bonchev–Trinajstić information content (AvgIpc) is 2.51. The van der Waals surface area contributed by atoms with Crippen LogP contribution in [0, 0.1) is 0 Å². The van der Waals surface area contributed by atoms with Crippen LogP contribution in [-0.2, 0) is 30.9 Å². The van der Waals surface area contributed by atoms with Gasteiger partial charge in [-0.1, -0.05) is 53.7 Å². The Hall–Kier alpha value is -1.24. The van der Waals surface area contributed by atoms with Gasteiger partial charge in [-0.2, -0.15) is 0 Å². The van der Waals surface area contributed by atoms with Gasteiger partial charge in [0.1, 0.15) is 5.75 Å². The van der Waals surface area contributed by atoms with E-state index in [1.54, 1.807) is 7.11 Å². The Morgan fingerprint density at radius 3 is 1.83 bits per heavy atom. The van der Waals surface area contributed by atoms with Gasteiger partial charge in [-0.15, -0.1) is 11.8 Å². The van der Waals surface area contributed by atoms with E-state index in [-0.39, 0.29) is 16.6 Å². The maximum atomic E-state index is 10.9. The number of hydrogen-bond donors (Lipinski definition) is 1. The Bertz CT molecular complexity index is 658. The molecule has 1 aromatic rings. The maximum absolute atomic E-state index is 10.9. The molecule has 0 aromatic heterocycles. The number of carboxylic acid groups (broad SMARTS) is 1. The predicted octanol–water partition coefficient (Wildman–Crippen LogP) is 5.72. The number of carboxylic acids is 1. The quantitative estimate of drug-likeness (QED) is 0.536. The summed E-state index contributed by atoms with van der Waals surface area (Å²) in [7, 11) is 1.57. The van der Waals surface area contributed by atoms with Crippen molar-refractivity contribution in [2.24, 2.45) is 0 Å². The highest BCUT2D eigenvalue weighted by Crippen LogP contribution is 2.42. The highest BCUT2D eigenvalue weighted by Gasteiger charge is 2.31. The van der Waals surface area contributed by atoms with Crippen LogP contribution in [0.5, 0.6) is 5.75 Å². The van der Waals surface area contributed by atoms with Gasteiger partial charge in [0.15, 0.2) is 0 Å². The Morgan fingerprint density at radius 2 is 1.48 bits per heavy atom. The Balaban J connectivity index is 3.48. The summed E-state index contributed by atoms with van der Waals surface area (Å²) in [5.74, 6) is 0.682. The molecule has 0 heterocycles. The predicted molar refractivity (Wildman–Crippen MR) is 120 cm³/mol. The molecular formula is C23H38O5S. The minimum Gasteiger partial charge on any atom is -0.481 e. The summed E-state index contributed by atoms with van der Waals surface area (Å²) >= 11 is 1.40. The van der Waals surface area contributed by atoms with Crippen molar-refractivity contribution in [3.63, 3.8) is 0 Å². The molecule has 0 aliphatic carbocycles. The van der Waals surface area contributed by atoms with E-state index >= 15 is 0 Å². The number of thioether (sulfide) groups is 1. The molecule has 1 N–H and O–H groups in total. The SMILES string of the molecule is COC(Oc1c(C(C)(C)C)cc(CSCC(=O)O)cc1C(C)(C)C)OC(C)(C)C. The highest BCUT2D eigenvalue weighted by molar-refractivity contribution is 7.99. The molecule has 0 fully saturated rings. The van der Waals surface area contributed by atoms with Gasteiger partial charge < -0.3 is 19.3 Å². The van der Waals surface area contributed by atoms with Crippen LogP contribution in [0.3, 0.4) is 0 Å². The van der Waals surface area contributed by atoms with Gasteiger partial charge in [0.05, 0.1) is 11.4 Å². The number of aliphatic carboxylic acids is 1. The van der Waals surface area contributed by atoms with Crippen molar-refractivity contribution in [3.05, 3.63) is 28.8 Å². The molecule has 29 heavy (non-hydrogen) atoms. The molecule has 166 valence electrons. The molecule has 1 aromatic carbocycles. The molecule has 1 unspecified atom stereocenters. The molecule has 1 atom stereocenters. The van der Waals surface area contributed by atoms with Crippen molar-refractivity contribution in [3.8, 4) is 5.75 Å². The molecule has 0 aliphatic heterocycles. The van der Waals surface area contributed by atoms with Gasteiger partial charge in [-0.3, -0.25) is 4.79 Å². The second kappa shape index (κ2) is 9.71. The number of ether oxygens (including phenoxy) is 3. The number of benzene rings is 1. The van der Waals surface area contributed by atoms with Crippen LogP contribution >= 0.6 is 11.8 Å². The summed E-state index contributed by atoms with van der Waals surface area (Å²) in [6.45, 7) is 17.9. The van der Waals surface area contributed by atoms with E-state index in [0.717, 1.165) is 22.4 Å². The summed E-state index contributed by atoms with van der Waals surface area (Å²) in [6, 6.07) is 4.23. The number of hydrogen-bond acceptors (Lipinski definition) is 5. The second-order valence-electron chi connectivity index (χ2n) is 10.3. The van der Waals surface area contributed by atoms with Gasteiger partial charge in [0.25, 0.3) is 0 Å². The van der Waals surface area contributed by atoms with Crippen molar-refractivity contribution in [1.82, 2.24) is 0 Å². The summed E-state index contributed by atoms with van der Waals surface area (Å²) in [5.41, 5.74) is 2.42. The maximum Gasteiger partial charge on any atom is 0.316 e. The number of rotatable bonds is 8. The topological polar surface area (TPSA) is 65.0 Å². The molecule has 0 saturated carbocycles. The fraction of sp³-hybridized carbons (Fsp3) is 0.696. The van der Waals surface area contributed by atoms with Gasteiger partial charge in [0.2, 0.25) is 0 Å². The third-order valence-corrected chi connectivity index (χ3v) is 5.10. The number of methoxy groups -OCH3 is 1. The molecule has 0 saturated heterocycles. The lowest BCUT2D eigenvalue weighted by Crippen LogP contribution is -2.34. The van der Waals surface area contributed by atoms with Crippen LogP contribution in [0.15, 0.2) is 12.1 Å². The molecule has 0 aliphatic rings. The summed E-state index contributed by atoms with van der Waals surface area (Å²) in [5, 5.41) is 8.95. The largest absolute Gasteiger partial charge is 0.481 e. The third kappa shape index (κ3) is 8.57. The normalized spacial score (nSPS) is 14.0. The van der Waals surface area contributed by atoms with E-state index in [0.29, 0.717) is 5.75 Å². The van der Waals surface area contributed by atoms with E-state index in [9.17, 15) is 4.79 Å². The molecule has 5 nitrogen and oxygen atoms in total. The van der Waals surface area contributed by atoms with Crippen LogP contribution in [0.25, 0.3) is 0 Å². The van der Waals surface area contributed by atoms with Crippen LogP contribution in [0.1, 0.15) is 79.0 Å². The second-order valence-corrected chi connectivity index (χ2v) is 11.3. The summed E-state index contributed by atoms with van der Waals surface area (Å²) in [4.78, 5) is 10.9. The number of carbonyl (C=O) groups is 1. The molecule has 6 heteroatoms. The van der Waals surface area contributed by atoms with Gasteiger partial charge in [0, 0.05) is 24.0 Å². The molecule has 0 spiro atoms. The van der Waals surface area contributed by atoms with Crippen LogP contribution in [-0.4, -0.2) is 36.0 Å². The molecule has 0 radical (unpaired) electrons. The summed E-state index contributed by atoms with van der Waals surface area (Å²) in [6.07, 6.45) is 0. The van der Waals surface area contributed by atoms with Gasteiger partial charge >= 0.3 is 12.4 Å². The van der Waals surface area contributed by atoms with Crippen LogP contribution in [0.4, 0.5) is 0 Å². The first-order valence-electron chi connectivity index (χ1n) is 9.89. The molecule has 0 amide bonds. The lowest BCUT2D eigenvalue weighted by molar-refractivity contribution is -0.273. The van der Waals surface area contributed by atoms with Crippen molar-refractivity contribution in [2.75, 3.05) is 12.9 Å². The zero-order chi connectivity index (χ0) is 22.6. The van der Waals surface area contributed by atoms with Gasteiger partial charge in [-0.25, -0.2) is 0 Å². The van der Waals surface area contributed by atoms with E-state index < -0.39 is 18.0 Å². The van der Waals surface area contributed by atoms with Crippen molar-refractivity contribution in [1.29, 1.82) is 0 Å². The van der Waals surface area contributed by atoms with E-state index in [2.05, 4.69) is 53.7 Å². The zero-order valence-electron chi connectivity index (χ0n) is 19.6. The third-order valence-electron chi connectivity index (χ3n) is 4.12. The van der Waals surface area contributed by atoms with Gasteiger partial charge in [-0.05, 0) is 37.2 Å². The van der Waals surface area contributed by atoms with E-state index in [1.807, 2.05) is 20.8 Å². The Kier molecular flexibility index (Phi) is 8.64.